The van der Waals surface area contributed by atoms with Crippen LogP contribution in [-0.2, 0) is 10.8 Å². The molecule has 2 N–H and O–H groups in total. The van der Waals surface area contributed by atoms with Crippen molar-refractivity contribution in [1.82, 2.24) is 0 Å². The van der Waals surface area contributed by atoms with Crippen molar-refractivity contribution in [2.45, 2.75) is 41.9 Å². The summed E-state index contributed by atoms with van der Waals surface area (Å²) in [7, 11) is -1.31. The molecule has 1 aliphatic carbocycles. The fourth-order valence-corrected chi connectivity index (χ4v) is 3.88. The first-order chi connectivity index (χ1) is 8.59. The van der Waals surface area contributed by atoms with E-state index in [9.17, 15) is 14.3 Å². The van der Waals surface area contributed by atoms with E-state index in [1.54, 1.807) is 18.2 Å². The second-order valence-corrected chi connectivity index (χ2v) is 6.26. The SMILES string of the molecule is NC1CCC(S(=O)c2ccccc2[N+](=O)[O-])CC1. The molecule has 0 saturated heterocycles. The summed E-state index contributed by atoms with van der Waals surface area (Å²) < 4.78 is 12.4. The number of nitrogens with zero attached hydrogens (tertiary/aromatic N) is 1. The van der Waals surface area contributed by atoms with Gasteiger partial charge in [-0.3, -0.25) is 14.3 Å². The summed E-state index contributed by atoms with van der Waals surface area (Å²) in [4.78, 5) is 10.8. The van der Waals surface area contributed by atoms with Gasteiger partial charge in [-0.25, -0.2) is 0 Å². The number of nitrogens with two attached hydrogens (primary N) is 1. The minimum atomic E-state index is -1.31. The van der Waals surface area contributed by atoms with Gasteiger partial charge >= 0.3 is 0 Å². The van der Waals surface area contributed by atoms with Gasteiger partial charge in [-0.1, -0.05) is 12.1 Å². The molecule has 6 heteroatoms. The van der Waals surface area contributed by atoms with E-state index < -0.39 is 15.7 Å². The number of benzene rings is 1. The first-order valence-corrected chi connectivity index (χ1v) is 7.20. The molecule has 0 heterocycles. The van der Waals surface area contributed by atoms with E-state index in [2.05, 4.69) is 0 Å². The summed E-state index contributed by atoms with van der Waals surface area (Å²) in [5.74, 6) is 0. The van der Waals surface area contributed by atoms with Crippen molar-refractivity contribution in [3.05, 3.63) is 34.4 Å². The standard InChI is InChI=1S/C12H16N2O3S/c13-9-5-7-10(8-6-9)18(17)12-4-2-1-3-11(12)14(15)16/h1-4,9-10H,5-8,13H2. The Kier molecular flexibility index (Phi) is 4.08. The largest absolute Gasteiger partial charge is 0.328 e. The second-order valence-electron chi connectivity index (χ2n) is 4.56. The van der Waals surface area contributed by atoms with Gasteiger partial charge in [-0.05, 0) is 31.7 Å². The zero-order valence-electron chi connectivity index (χ0n) is 9.95. The Balaban J connectivity index is 2.21. The average molecular weight is 268 g/mol. The lowest BCUT2D eigenvalue weighted by Gasteiger charge is -2.25. The second kappa shape index (κ2) is 5.58. The lowest BCUT2D eigenvalue weighted by molar-refractivity contribution is -0.387. The molecule has 0 radical (unpaired) electrons. The number of rotatable bonds is 3. The highest BCUT2D eigenvalue weighted by Gasteiger charge is 2.28. The number of hydrogen-bond acceptors (Lipinski definition) is 4. The molecule has 0 bridgehead atoms. The summed E-state index contributed by atoms with van der Waals surface area (Å²) in [6.07, 6.45) is 3.24. The topological polar surface area (TPSA) is 86.2 Å². The number of nitro benzene ring substituents is 1. The molecule has 0 spiro atoms. The van der Waals surface area contributed by atoms with Crippen molar-refractivity contribution in [3.63, 3.8) is 0 Å². The molecule has 0 amide bonds. The van der Waals surface area contributed by atoms with Crippen LogP contribution in [0.25, 0.3) is 0 Å². The fourth-order valence-electron chi connectivity index (χ4n) is 2.26. The van der Waals surface area contributed by atoms with Gasteiger partial charge < -0.3 is 5.73 Å². The highest BCUT2D eigenvalue weighted by Crippen LogP contribution is 2.29. The monoisotopic (exact) mass is 268 g/mol. The maximum absolute atomic E-state index is 12.4. The molecule has 5 nitrogen and oxygen atoms in total. The molecule has 0 aromatic heterocycles. The zero-order chi connectivity index (χ0) is 13.1. The van der Waals surface area contributed by atoms with Crippen LogP contribution in [0, 0.1) is 10.1 Å². The van der Waals surface area contributed by atoms with Gasteiger partial charge in [0.15, 0.2) is 0 Å². The summed E-state index contributed by atoms with van der Waals surface area (Å²) >= 11 is 0. The van der Waals surface area contributed by atoms with Gasteiger partial charge in [-0.15, -0.1) is 0 Å². The Labute approximate surface area is 108 Å². The molecule has 1 aliphatic rings. The number of hydrogen-bond donors (Lipinski definition) is 1. The highest BCUT2D eigenvalue weighted by atomic mass is 32.2. The van der Waals surface area contributed by atoms with E-state index in [1.165, 1.54) is 6.07 Å². The molecule has 2 rings (SSSR count). The van der Waals surface area contributed by atoms with Crippen molar-refractivity contribution in [2.24, 2.45) is 5.73 Å². The van der Waals surface area contributed by atoms with Crippen LogP contribution in [-0.4, -0.2) is 20.4 Å². The average Bonchev–Trinajstić information content (AvgIpc) is 2.39. The van der Waals surface area contributed by atoms with E-state index in [0.29, 0.717) is 4.90 Å². The Morgan fingerprint density at radius 1 is 1.22 bits per heavy atom. The molecular formula is C12H16N2O3S. The smallest absolute Gasteiger partial charge is 0.285 e. The molecule has 1 saturated carbocycles. The number of para-hydroxylation sites is 1. The third-order valence-electron chi connectivity index (χ3n) is 3.30. The van der Waals surface area contributed by atoms with Crippen LogP contribution < -0.4 is 5.73 Å². The van der Waals surface area contributed by atoms with Crippen molar-refractivity contribution < 1.29 is 9.13 Å². The van der Waals surface area contributed by atoms with Gasteiger partial charge in [0.05, 0.1) is 15.7 Å². The summed E-state index contributed by atoms with van der Waals surface area (Å²) in [5.41, 5.74) is 5.76. The van der Waals surface area contributed by atoms with Crippen LogP contribution in [0.4, 0.5) is 5.69 Å². The predicted octanol–water partition coefficient (Wildman–Crippen LogP) is 1.97. The first-order valence-electron chi connectivity index (χ1n) is 5.99. The third kappa shape index (κ3) is 2.76. The summed E-state index contributed by atoms with van der Waals surface area (Å²) in [6.45, 7) is 0. The van der Waals surface area contributed by atoms with Gasteiger partial charge in [-0.2, -0.15) is 0 Å². The van der Waals surface area contributed by atoms with Crippen LogP contribution in [0.15, 0.2) is 29.2 Å². The van der Waals surface area contributed by atoms with Gasteiger partial charge in [0, 0.05) is 17.4 Å². The van der Waals surface area contributed by atoms with Crippen LogP contribution in [0.3, 0.4) is 0 Å². The molecule has 18 heavy (non-hydrogen) atoms. The van der Waals surface area contributed by atoms with Gasteiger partial charge in [0.2, 0.25) is 0 Å². The van der Waals surface area contributed by atoms with E-state index in [-0.39, 0.29) is 17.0 Å². The Hall–Kier alpha value is -1.27. The summed E-state index contributed by atoms with van der Waals surface area (Å²) in [5, 5.41) is 10.9. The van der Waals surface area contributed by atoms with Gasteiger partial charge in [0.1, 0.15) is 4.90 Å². The van der Waals surface area contributed by atoms with E-state index in [1.807, 2.05) is 0 Å². The lowest BCUT2D eigenvalue weighted by atomic mass is 9.96. The lowest BCUT2D eigenvalue weighted by Crippen LogP contribution is -2.31. The normalized spacial score (nSPS) is 25.6. The Bertz CT molecular complexity index is 470. The van der Waals surface area contributed by atoms with E-state index in [4.69, 9.17) is 5.73 Å². The Morgan fingerprint density at radius 3 is 2.44 bits per heavy atom. The molecule has 1 aromatic carbocycles. The minimum absolute atomic E-state index is 0.00843. The van der Waals surface area contributed by atoms with Crippen LogP contribution in [0.5, 0.6) is 0 Å². The first kappa shape index (κ1) is 13.2. The number of nitro groups is 1. The summed E-state index contributed by atoms with van der Waals surface area (Å²) in [6, 6.07) is 6.46. The van der Waals surface area contributed by atoms with Crippen LogP contribution >= 0.6 is 0 Å². The maximum Gasteiger partial charge on any atom is 0.285 e. The molecule has 1 unspecified atom stereocenters. The zero-order valence-corrected chi connectivity index (χ0v) is 10.8. The molecule has 1 atom stereocenters. The maximum atomic E-state index is 12.4. The van der Waals surface area contributed by atoms with Crippen molar-refractivity contribution >= 4 is 16.5 Å². The fraction of sp³-hybridized carbons (Fsp3) is 0.500. The third-order valence-corrected chi connectivity index (χ3v) is 5.16. The molecule has 1 fully saturated rings. The molecular weight excluding hydrogens is 252 g/mol. The van der Waals surface area contributed by atoms with Crippen molar-refractivity contribution in [2.75, 3.05) is 0 Å². The van der Waals surface area contributed by atoms with Crippen molar-refractivity contribution in [1.29, 1.82) is 0 Å². The Morgan fingerprint density at radius 2 is 1.83 bits per heavy atom. The minimum Gasteiger partial charge on any atom is -0.328 e. The van der Waals surface area contributed by atoms with Crippen molar-refractivity contribution in [3.8, 4) is 0 Å². The van der Waals surface area contributed by atoms with E-state index in [0.717, 1.165) is 25.7 Å². The van der Waals surface area contributed by atoms with Crippen LogP contribution in [0.1, 0.15) is 25.7 Å². The highest BCUT2D eigenvalue weighted by molar-refractivity contribution is 7.85. The molecule has 98 valence electrons. The van der Waals surface area contributed by atoms with Gasteiger partial charge in [0.25, 0.3) is 5.69 Å². The molecule has 1 aromatic rings. The molecule has 0 aliphatic heterocycles. The van der Waals surface area contributed by atoms with E-state index >= 15 is 0 Å². The van der Waals surface area contributed by atoms with Crippen LogP contribution in [0.2, 0.25) is 0 Å². The quantitative estimate of drug-likeness (QED) is 0.670. The predicted molar refractivity (Wildman–Crippen MR) is 69.7 cm³/mol.